The highest BCUT2D eigenvalue weighted by Crippen LogP contribution is 2.22. The number of sulfone groups is 1. The van der Waals surface area contributed by atoms with Crippen molar-refractivity contribution in [2.75, 3.05) is 18.2 Å². The van der Waals surface area contributed by atoms with Crippen LogP contribution >= 0.6 is 0 Å². The van der Waals surface area contributed by atoms with Gasteiger partial charge in [-0.05, 0) is 42.0 Å². The average Bonchev–Trinajstić information content (AvgIpc) is 3.16. The van der Waals surface area contributed by atoms with Crippen molar-refractivity contribution in [2.45, 2.75) is 18.2 Å². The Hall–Kier alpha value is -3.20. The highest BCUT2D eigenvalue weighted by Gasteiger charge is 2.14. The van der Waals surface area contributed by atoms with Crippen molar-refractivity contribution in [2.24, 2.45) is 0 Å². The first kappa shape index (κ1) is 19.6. The Bertz CT molecular complexity index is 1060. The number of carbonyl (C=O) groups is 1. The number of methoxy groups -OCH3 is 1. The third-order valence-electron chi connectivity index (χ3n) is 4.04. The summed E-state index contributed by atoms with van der Waals surface area (Å²) in [6.07, 6.45) is 0.0483. The van der Waals surface area contributed by atoms with E-state index in [2.05, 4.69) is 15.5 Å². The van der Waals surface area contributed by atoms with E-state index in [4.69, 9.17) is 9.15 Å². The van der Waals surface area contributed by atoms with Gasteiger partial charge in [0.15, 0.2) is 9.84 Å². The number of aromatic nitrogens is 2. The maximum absolute atomic E-state index is 12.2. The van der Waals surface area contributed by atoms with Gasteiger partial charge in [-0.3, -0.25) is 10.1 Å². The van der Waals surface area contributed by atoms with Crippen molar-refractivity contribution >= 4 is 21.8 Å². The number of hydrogen-bond acceptors (Lipinski definition) is 7. The molecule has 28 heavy (non-hydrogen) atoms. The minimum Gasteiger partial charge on any atom is -0.497 e. The maximum Gasteiger partial charge on any atom is 0.322 e. The summed E-state index contributed by atoms with van der Waals surface area (Å²) >= 11 is 0. The molecule has 0 aliphatic rings. The number of ether oxygens (including phenoxy) is 1. The largest absolute Gasteiger partial charge is 0.497 e. The molecule has 0 radical (unpaired) electrons. The SMILES string of the molecule is CCS(=O)(=O)c1ccc(CC(=O)Nc2nnc(-c3ccc(OC)cc3)o2)cc1. The average molecular weight is 401 g/mol. The lowest BCUT2D eigenvalue weighted by molar-refractivity contribution is -0.115. The summed E-state index contributed by atoms with van der Waals surface area (Å²) in [6, 6.07) is 13.3. The van der Waals surface area contributed by atoms with Crippen LogP contribution in [-0.4, -0.2) is 37.4 Å². The normalized spacial score (nSPS) is 11.2. The van der Waals surface area contributed by atoms with Crippen LogP contribution in [0.2, 0.25) is 0 Å². The molecule has 1 aromatic heterocycles. The summed E-state index contributed by atoms with van der Waals surface area (Å²) < 4.78 is 34.2. The number of nitrogens with zero attached hydrogens (tertiary/aromatic N) is 2. The van der Waals surface area contributed by atoms with Crippen LogP contribution in [0.5, 0.6) is 5.75 Å². The van der Waals surface area contributed by atoms with Crippen molar-refractivity contribution < 1.29 is 22.4 Å². The monoisotopic (exact) mass is 401 g/mol. The predicted molar refractivity (Wildman–Crippen MR) is 103 cm³/mol. The molecule has 0 saturated heterocycles. The molecule has 0 fully saturated rings. The Balaban J connectivity index is 1.63. The molecular formula is C19H19N3O5S. The fourth-order valence-electron chi connectivity index (χ4n) is 2.45. The molecule has 0 bridgehead atoms. The zero-order valence-corrected chi connectivity index (χ0v) is 16.2. The van der Waals surface area contributed by atoms with Crippen LogP contribution in [0, 0.1) is 0 Å². The molecule has 0 saturated carbocycles. The van der Waals surface area contributed by atoms with E-state index in [0.717, 1.165) is 0 Å². The number of carbonyl (C=O) groups excluding carboxylic acids is 1. The standard InChI is InChI=1S/C19H19N3O5S/c1-3-28(24,25)16-10-4-13(5-11-16)12-17(23)20-19-22-21-18(27-19)14-6-8-15(26-2)9-7-14/h4-11H,3,12H2,1-2H3,(H,20,22,23). The van der Waals surface area contributed by atoms with Gasteiger partial charge >= 0.3 is 6.01 Å². The quantitative estimate of drug-likeness (QED) is 0.648. The lowest BCUT2D eigenvalue weighted by Crippen LogP contribution is -2.14. The number of amides is 1. The first-order valence-corrected chi connectivity index (χ1v) is 10.2. The number of nitrogens with one attached hydrogen (secondary N) is 1. The summed E-state index contributed by atoms with van der Waals surface area (Å²) in [6.45, 7) is 1.58. The number of benzene rings is 2. The van der Waals surface area contributed by atoms with Crippen molar-refractivity contribution in [1.29, 1.82) is 0 Å². The van der Waals surface area contributed by atoms with E-state index in [1.54, 1.807) is 50.4 Å². The van der Waals surface area contributed by atoms with Gasteiger partial charge in [0.1, 0.15) is 5.75 Å². The molecular weight excluding hydrogens is 382 g/mol. The summed E-state index contributed by atoms with van der Waals surface area (Å²) in [7, 11) is -1.69. The van der Waals surface area contributed by atoms with Crippen LogP contribution in [0.1, 0.15) is 12.5 Å². The maximum atomic E-state index is 12.2. The van der Waals surface area contributed by atoms with Crippen molar-refractivity contribution in [1.82, 2.24) is 10.2 Å². The summed E-state index contributed by atoms with van der Waals surface area (Å²) in [5.74, 6) is 0.651. The summed E-state index contributed by atoms with van der Waals surface area (Å²) in [4.78, 5) is 12.4. The fourth-order valence-corrected chi connectivity index (χ4v) is 3.34. The second-order valence-corrected chi connectivity index (χ2v) is 8.19. The fraction of sp³-hybridized carbons (Fsp3) is 0.211. The van der Waals surface area contributed by atoms with Gasteiger partial charge in [-0.25, -0.2) is 8.42 Å². The molecule has 1 heterocycles. The van der Waals surface area contributed by atoms with Gasteiger partial charge in [-0.1, -0.05) is 24.2 Å². The second-order valence-electron chi connectivity index (χ2n) is 5.91. The van der Waals surface area contributed by atoms with Crippen LogP contribution in [-0.2, 0) is 21.1 Å². The van der Waals surface area contributed by atoms with Gasteiger partial charge in [0.2, 0.25) is 11.8 Å². The topological polar surface area (TPSA) is 111 Å². The molecule has 2 aromatic carbocycles. The number of hydrogen-bond donors (Lipinski definition) is 1. The van der Waals surface area contributed by atoms with Gasteiger partial charge in [0.25, 0.3) is 0 Å². The van der Waals surface area contributed by atoms with Gasteiger partial charge in [-0.15, -0.1) is 5.10 Å². The van der Waals surface area contributed by atoms with Crippen molar-refractivity contribution in [3.63, 3.8) is 0 Å². The van der Waals surface area contributed by atoms with Crippen LogP contribution < -0.4 is 10.1 Å². The van der Waals surface area contributed by atoms with Gasteiger partial charge in [-0.2, -0.15) is 0 Å². The van der Waals surface area contributed by atoms with E-state index in [9.17, 15) is 13.2 Å². The molecule has 1 amide bonds. The Labute approximate surface area is 162 Å². The van der Waals surface area contributed by atoms with Gasteiger partial charge < -0.3 is 9.15 Å². The van der Waals surface area contributed by atoms with E-state index >= 15 is 0 Å². The van der Waals surface area contributed by atoms with E-state index in [1.165, 1.54) is 12.1 Å². The van der Waals surface area contributed by atoms with Crippen LogP contribution in [0.15, 0.2) is 57.8 Å². The number of rotatable bonds is 7. The van der Waals surface area contributed by atoms with E-state index < -0.39 is 9.84 Å². The molecule has 3 rings (SSSR count). The molecule has 146 valence electrons. The molecule has 9 heteroatoms. The lowest BCUT2D eigenvalue weighted by atomic mass is 10.1. The Morgan fingerprint density at radius 2 is 1.75 bits per heavy atom. The van der Waals surface area contributed by atoms with E-state index in [-0.39, 0.29) is 34.9 Å². The minimum atomic E-state index is -3.26. The van der Waals surface area contributed by atoms with Gasteiger partial charge in [0.05, 0.1) is 24.2 Å². The Kier molecular flexibility index (Phi) is 5.74. The predicted octanol–water partition coefficient (Wildman–Crippen LogP) is 2.72. The number of anilines is 1. The van der Waals surface area contributed by atoms with E-state index in [0.29, 0.717) is 16.9 Å². The van der Waals surface area contributed by atoms with E-state index in [1.807, 2.05) is 0 Å². The highest BCUT2D eigenvalue weighted by atomic mass is 32.2. The molecule has 0 atom stereocenters. The second kappa shape index (κ2) is 8.22. The summed E-state index contributed by atoms with van der Waals surface area (Å²) in [5.41, 5.74) is 1.36. The molecule has 0 aliphatic heterocycles. The van der Waals surface area contributed by atoms with Crippen LogP contribution in [0.3, 0.4) is 0 Å². The van der Waals surface area contributed by atoms with Crippen LogP contribution in [0.25, 0.3) is 11.5 Å². The van der Waals surface area contributed by atoms with Crippen LogP contribution in [0.4, 0.5) is 6.01 Å². The molecule has 8 nitrogen and oxygen atoms in total. The minimum absolute atomic E-state index is 0.0130. The van der Waals surface area contributed by atoms with Gasteiger partial charge in [0, 0.05) is 5.56 Å². The summed E-state index contributed by atoms with van der Waals surface area (Å²) in [5, 5.41) is 10.3. The molecule has 1 N–H and O–H groups in total. The highest BCUT2D eigenvalue weighted by molar-refractivity contribution is 7.91. The molecule has 0 aliphatic carbocycles. The first-order chi connectivity index (χ1) is 13.4. The molecule has 3 aromatic rings. The first-order valence-electron chi connectivity index (χ1n) is 8.51. The zero-order chi connectivity index (χ0) is 20.1. The third-order valence-corrected chi connectivity index (χ3v) is 5.79. The third kappa shape index (κ3) is 4.55. The lowest BCUT2D eigenvalue weighted by Gasteiger charge is -2.04. The zero-order valence-electron chi connectivity index (χ0n) is 15.4. The Morgan fingerprint density at radius 1 is 1.07 bits per heavy atom. The molecule has 0 unspecified atom stereocenters. The smallest absolute Gasteiger partial charge is 0.322 e. The van der Waals surface area contributed by atoms with Crippen molar-refractivity contribution in [3.8, 4) is 17.2 Å². The molecule has 0 spiro atoms. The van der Waals surface area contributed by atoms with Crippen molar-refractivity contribution in [3.05, 3.63) is 54.1 Å². The Morgan fingerprint density at radius 3 is 2.36 bits per heavy atom.